The second kappa shape index (κ2) is 5.75. The molecule has 0 radical (unpaired) electrons. The highest BCUT2D eigenvalue weighted by atomic mass is 16.3. The van der Waals surface area contributed by atoms with Crippen LogP contribution in [0.3, 0.4) is 0 Å². The van der Waals surface area contributed by atoms with E-state index in [1.807, 2.05) is 23.9 Å². The van der Waals surface area contributed by atoms with E-state index in [-0.39, 0.29) is 23.6 Å². The van der Waals surface area contributed by atoms with Gasteiger partial charge in [0.2, 0.25) is 0 Å². The highest BCUT2D eigenvalue weighted by molar-refractivity contribution is 5.40. The number of hydrogen-bond donors (Lipinski definition) is 3. The van der Waals surface area contributed by atoms with Gasteiger partial charge in [0.15, 0.2) is 0 Å². The molecule has 0 aliphatic rings. The van der Waals surface area contributed by atoms with Crippen molar-refractivity contribution in [1.29, 1.82) is 0 Å². The van der Waals surface area contributed by atoms with Crippen LogP contribution in [0.25, 0.3) is 0 Å². The van der Waals surface area contributed by atoms with Gasteiger partial charge in [0.05, 0.1) is 6.54 Å². The van der Waals surface area contributed by atoms with Crippen molar-refractivity contribution < 1.29 is 10.2 Å². The molecule has 0 aliphatic carbocycles. The Bertz CT molecular complexity index is 525. The van der Waals surface area contributed by atoms with Crippen molar-refractivity contribution >= 4 is 0 Å². The van der Waals surface area contributed by atoms with Crippen LogP contribution >= 0.6 is 0 Å². The monoisotopic (exact) mass is 261 g/mol. The fourth-order valence-electron chi connectivity index (χ4n) is 2.16. The third-order valence-electron chi connectivity index (χ3n) is 3.04. The Balaban J connectivity index is 1.98. The number of phenols is 2. The number of aromatic nitrogens is 2. The molecule has 0 spiro atoms. The molecule has 2 unspecified atom stereocenters. The third kappa shape index (κ3) is 3.48. The molecule has 19 heavy (non-hydrogen) atoms. The number of nitrogens with one attached hydrogen (secondary N) is 1. The number of hydrogen-bond acceptors (Lipinski definition) is 4. The quantitative estimate of drug-likeness (QED) is 0.770. The van der Waals surface area contributed by atoms with Gasteiger partial charge in [0, 0.05) is 36.1 Å². The zero-order valence-corrected chi connectivity index (χ0v) is 11.1. The molecule has 1 aromatic heterocycles. The summed E-state index contributed by atoms with van der Waals surface area (Å²) < 4.78 is 1.86. The van der Waals surface area contributed by atoms with Gasteiger partial charge in [0.25, 0.3) is 0 Å². The first kappa shape index (κ1) is 13.4. The second-order valence-corrected chi connectivity index (χ2v) is 4.76. The van der Waals surface area contributed by atoms with E-state index < -0.39 is 0 Å². The molecule has 1 heterocycles. The summed E-state index contributed by atoms with van der Waals surface area (Å²) in [5.41, 5.74) is 0.769. The third-order valence-corrected chi connectivity index (χ3v) is 3.04. The van der Waals surface area contributed by atoms with Crippen LogP contribution in [0.5, 0.6) is 11.5 Å². The molecule has 0 aliphatic heterocycles. The van der Waals surface area contributed by atoms with Crippen molar-refractivity contribution in [1.82, 2.24) is 15.1 Å². The molecule has 0 amide bonds. The van der Waals surface area contributed by atoms with E-state index in [0.29, 0.717) is 0 Å². The van der Waals surface area contributed by atoms with Gasteiger partial charge in [-0.15, -0.1) is 0 Å². The van der Waals surface area contributed by atoms with E-state index in [4.69, 9.17) is 0 Å². The van der Waals surface area contributed by atoms with E-state index >= 15 is 0 Å². The molecule has 1 aromatic carbocycles. The zero-order valence-electron chi connectivity index (χ0n) is 11.1. The van der Waals surface area contributed by atoms with Crippen LogP contribution in [0, 0.1) is 0 Å². The molecule has 5 nitrogen and oxygen atoms in total. The van der Waals surface area contributed by atoms with Crippen LogP contribution in [0.2, 0.25) is 0 Å². The normalized spacial score (nSPS) is 14.2. The summed E-state index contributed by atoms with van der Waals surface area (Å²) in [6.07, 6.45) is 3.67. The van der Waals surface area contributed by atoms with E-state index in [9.17, 15) is 10.2 Å². The molecular weight excluding hydrogens is 242 g/mol. The Morgan fingerprint density at radius 1 is 1.32 bits per heavy atom. The Morgan fingerprint density at radius 3 is 2.74 bits per heavy atom. The number of aromatic hydroxyl groups is 2. The Morgan fingerprint density at radius 2 is 2.11 bits per heavy atom. The standard InChI is InChI=1S/C14H19N3O2/c1-10(9-17-7-3-6-15-17)16-11(2)13-5-4-12(18)8-14(13)19/h3-8,10-11,16,18-19H,9H2,1-2H3. The predicted molar refractivity (Wildman–Crippen MR) is 73.0 cm³/mol. The Hall–Kier alpha value is -2.01. The number of phenolic OH excluding ortho intramolecular Hbond substituents is 2. The van der Waals surface area contributed by atoms with Crippen molar-refractivity contribution in [2.45, 2.75) is 32.5 Å². The molecule has 0 fully saturated rings. The highest BCUT2D eigenvalue weighted by Crippen LogP contribution is 2.27. The molecule has 102 valence electrons. The van der Waals surface area contributed by atoms with Crippen molar-refractivity contribution in [3.8, 4) is 11.5 Å². The summed E-state index contributed by atoms with van der Waals surface area (Å²) in [6, 6.07) is 6.75. The minimum atomic E-state index is -0.00818. The van der Waals surface area contributed by atoms with Gasteiger partial charge in [-0.05, 0) is 26.0 Å². The molecule has 2 aromatic rings. The maximum absolute atomic E-state index is 9.81. The SMILES string of the molecule is CC(Cn1cccn1)NC(C)c1ccc(O)cc1O. The molecule has 0 bridgehead atoms. The minimum absolute atomic E-state index is 0.00818. The Labute approximate surface area is 112 Å². The first-order valence-electron chi connectivity index (χ1n) is 6.31. The average Bonchev–Trinajstić information content (AvgIpc) is 2.81. The van der Waals surface area contributed by atoms with Crippen molar-refractivity contribution in [2.24, 2.45) is 0 Å². The fraction of sp³-hybridized carbons (Fsp3) is 0.357. The lowest BCUT2D eigenvalue weighted by atomic mass is 10.1. The lowest BCUT2D eigenvalue weighted by Gasteiger charge is -2.21. The zero-order chi connectivity index (χ0) is 13.8. The average molecular weight is 261 g/mol. The first-order chi connectivity index (χ1) is 9.06. The first-order valence-corrected chi connectivity index (χ1v) is 6.31. The number of nitrogens with zero attached hydrogens (tertiary/aromatic N) is 2. The van der Waals surface area contributed by atoms with Crippen LogP contribution in [-0.4, -0.2) is 26.0 Å². The topological polar surface area (TPSA) is 70.3 Å². The highest BCUT2D eigenvalue weighted by Gasteiger charge is 2.13. The van der Waals surface area contributed by atoms with Crippen LogP contribution in [0.15, 0.2) is 36.7 Å². The smallest absolute Gasteiger partial charge is 0.124 e. The summed E-state index contributed by atoms with van der Waals surface area (Å²) in [6.45, 7) is 4.80. The summed E-state index contributed by atoms with van der Waals surface area (Å²) in [4.78, 5) is 0. The van der Waals surface area contributed by atoms with Crippen LogP contribution < -0.4 is 5.32 Å². The maximum atomic E-state index is 9.81. The van der Waals surface area contributed by atoms with Crippen molar-refractivity contribution in [3.05, 3.63) is 42.2 Å². The van der Waals surface area contributed by atoms with Crippen LogP contribution in [0.1, 0.15) is 25.5 Å². The maximum Gasteiger partial charge on any atom is 0.124 e. The number of benzene rings is 1. The van der Waals surface area contributed by atoms with E-state index in [1.165, 1.54) is 6.07 Å². The van der Waals surface area contributed by atoms with Crippen molar-refractivity contribution in [3.63, 3.8) is 0 Å². The molecule has 0 saturated carbocycles. The van der Waals surface area contributed by atoms with Crippen molar-refractivity contribution in [2.75, 3.05) is 0 Å². The van der Waals surface area contributed by atoms with Gasteiger partial charge < -0.3 is 15.5 Å². The van der Waals surface area contributed by atoms with Gasteiger partial charge in [-0.2, -0.15) is 5.10 Å². The summed E-state index contributed by atoms with van der Waals surface area (Å²) in [5, 5.41) is 26.6. The van der Waals surface area contributed by atoms with Crippen LogP contribution in [0.4, 0.5) is 0 Å². The van der Waals surface area contributed by atoms with Gasteiger partial charge >= 0.3 is 0 Å². The minimum Gasteiger partial charge on any atom is -0.508 e. The summed E-state index contributed by atoms with van der Waals surface area (Å²) >= 11 is 0. The lowest BCUT2D eigenvalue weighted by Crippen LogP contribution is -2.32. The molecular formula is C14H19N3O2. The van der Waals surface area contributed by atoms with E-state index in [1.54, 1.807) is 18.3 Å². The van der Waals surface area contributed by atoms with Gasteiger partial charge in [-0.3, -0.25) is 4.68 Å². The molecule has 5 heteroatoms. The summed E-state index contributed by atoms with van der Waals surface area (Å²) in [7, 11) is 0. The van der Waals surface area contributed by atoms with Crippen LogP contribution in [-0.2, 0) is 6.54 Å². The summed E-state index contributed by atoms with van der Waals surface area (Å²) in [5.74, 6) is 0.171. The van der Waals surface area contributed by atoms with Gasteiger partial charge in [0.1, 0.15) is 11.5 Å². The molecule has 0 saturated heterocycles. The lowest BCUT2D eigenvalue weighted by molar-refractivity contribution is 0.396. The van der Waals surface area contributed by atoms with E-state index in [0.717, 1.165) is 12.1 Å². The molecule has 2 atom stereocenters. The fourth-order valence-corrected chi connectivity index (χ4v) is 2.16. The predicted octanol–water partition coefficient (Wildman–Crippen LogP) is 2.03. The van der Waals surface area contributed by atoms with E-state index in [2.05, 4.69) is 17.3 Å². The number of rotatable bonds is 5. The Kier molecular flexibility index (Phi) is 4.06. The largest absolute Gasteiger partial charge is 0.508 e. The second-order valence-electron chi connectivity index (χ2n) is 4.76. The van der Waals surface area contributed by atoms with Gasteiger partial charge in [-0.1, -0.05) is 6.07 Å². The molecule has 3 N–H and O–H groups in total. The molecule has 2 rings (SSSR count). The van der Waals surface area contributed by atoms with Gasteiger partial charge in [-0.25, -0.2) is 0 Å².